The number of amides is 1. The average Bonchev–Trinajstić information content (AvgIpc) is 3.41. The van der Waals surface area contributed by atoms with E-state index in [0.717, 1.165) is 0 Å². The summed E-state index contributed by atoms with van der Waals surface area (Å²) in [6, 6.07) is 5.51. The maximum Gasteiger partial charge on any atom is 0.508 e. The van der Waals surface area contributed by atoms with Gasteiger partial charge < -0.3 is 28.4 Å². The molecule has 0 bridgehead atoms. The summed E-state index contributed by atoms with van der Waals surface area (Å²) >= 11 is 0. The van der Waals surface area contributed by atoms with Gasteiger partial charge in [-0.05, 0) is 60.6 Å². The first-order chi connectivity index (χ1) is 17.2. The minimum atomic E-state index is -1.68. The molecule has 1 unspecified atom stereocenters. The fourth-order valence-corrected chi connectivity index (χ4v) is 4.31. The Kier molecular flexibility index (Phi) is 6.78. The van der Waals surface area contributed by atoms with Crippen LogP contribution >= 0.6 is 0 Å². The zero-order valence-corrected chi connectivity index (χ0v) is 21.8. The lowest BCUT2D eigenvalue weighted by atomic mass is 9.92. The van der Waals surface area contributed by atoms with Crippen LogP contribution in [0.5, 0.6) is 0 Å². The number of nitrogens with one attached hydrogen (secondary N) is 1. The van der Waals surface area contributed by atoms with E-state index in [9.17, 15) is 14.9 Å². The van der Waals surface area contributed by atoms with E-state index >= 15 is 0 Å². The quantitative estimate of drug-likeness (QED) is 0.581. The molecule has 2 aliphatic heterocycles. The summed E-state index contributed by atoms with van der Waals surface area (Å²) in [5.74, 6) is -0.843. The highest BCUT2D eigenvalue weighted by Gasteiger charge is 2.65. The molecule has 13 nitrogen and oxygen atoms in total. The van der Waals surface area contributed by atoms with Crippen molar-refractivity contribution in [2.75, 3.05) is 11.9 Å². The van der Waals surface area contributed by atoms with E-state index in [1.54, 1.807) is 60.6 Å². The van der Waals surface area contributed by atoms with Gasteiger partial charge in [0.2, 0.25) is 5.60 Å². The van der Waals surface area contributed by atoms with Crippen molar-refractivity contribution in [3.63, 3.8) is 0 Å². The third-order valence-corrected chi connectivity index (χ3v) is 5.55. The molecule has 2 fully saturated rings. The molecule has 0 aliphatic carbocycles. The van der Waals surface area contributed by atoms with Gasteiger partial charge in [-0.25, -0.2) is 19.1 Å². The number of nitrogens with zero attached hydrogens (tertiary/aromatic N) is 4. The fraction of sp³-hybridized carbons (Fsp3) is 0.625. The second-order valence-electron chi connectivity index (χ2n) is 10.5. The van der Waals surface area contributed by atoms with Crippen molar-refractivity contribution in [1.82, 2.24) is 14.6 Å². The molecular formula is C24H31N5O8. The van der Waals surface area contributed by atoms with Crippen LogP contribution in [0.25, 0.3) is 5.52 Å². The van der Waals surface area contributed by atoms with Crippen molar-refractivity contribution >= 4 is 23.6 Å². The number of hydrogen-bond donors (Lipinski definition) is 1. The average molecular weight is 518 g/mol. The van der Waals surface area contributed by atoms with Gasteiger partial charge in [0.05, 0.1) is 11.8 Å². The van der Waals surface area contributed by atoms with Gasteiger partial charge in [0.1, 0.15) is 48.4 Å². The van der Waals surface area contributed by atoms with Gasteiger partial charge in [0.15, 0.2) is 11.6 Å². The number of ether oxygens (including phenoxy) is 6. The minimum Gasteiger partial charge on any atom is -0.447 e. The Hall–Kier alpha value is -3.47. The Morgan fingerprint density at radius 2 is 1.97 bits per heavy atom. The van der Waals surface area contributed by atoms with Crippen molar-refractivity contribution in [3.8, 4) is 6.07 Å². The largest absolute Gasteiger partial charge is 0.508 e. The molecule has 0 radical (unpaired) electrons. The summed E-state index contributed by atoms with van der Waals surface area (Å²) < 4.78 is 35.5. The van der Waals surface area contributed by atoms with E-state index in [2.05, 4.69) is 21.5 Å². The lowest BCUT2D eigenvalue weighted by Gasteiger charge is -2.29. The summed E-state index contributed by atoms with van der Waals surface area (Å²) in [7, 11) is 0. The molecule has 4 atom stereocenters. The third-order valence-electron chi connectivity index (χ3n) is 5.55. The predicted octanol–water partition coefficient (Wildman–Crippen LogP) is 3.28. The number of carbonyl (C=O) groups is 2. The lowest BCUT2D eigenvalue weighted by Crippen LogP contribution is -2.40. The van der Waals surface area contributed by atoms with Crippen LogP contribution in [0.2, 0.25) is 0 Å². The van der Waals surface area contributed by atoms with Gasteiger partial charge >= 0.3 is 12.2 Å². The van der Waals surface area contributed by atoms with E-state index in [1.165, 1.54) is 10.8 Å². The Bertz CT molecular complexity index is 1230. The van der Waals surface area contributed by atoms with E-state index in [1.807, 2.05) is 0 Å². The summed E-state index contributed by atoms with van der Waals surface area (Å²) in [5, 5.41) is 17.3. The molecule has 2 aromatic heterocycles. The van der Waals surface area contributed by atoms with Gasteiger partial charge in [0, 0.05) is 0 Å². The molecule has 13 heteroatoms. The highest BCUT2D eigenvalue weighted by molar-refractivity contribution is 5.88. The monoisotopic (exact) mass is 517 g/mol. The van der Waals surface area contributed by atoms with Gasteiger partial charge in [-0.2, -0.15) is 10.4 Å². The standard InChI is InChI=1S/C24H31N5O8/c1-13(2)33-20(30)28-19-14-8-9-16(29(14)27-12-26-19)24(11-25)18-17(35-23(6,7)36-18)15(34-24)10-32-21(31)37-22(3,4)5/h8-9,12-13,15,17-18H,10H2,1-7H3,(H,26,27,28,30)/t15?,17-,18-,24+/m1/s1. The van der Waals surface area contributed by atoms with Gasteiger partial charge in [-0.15, -0.1) is 0 Å². The van der Waals surface area contributed by atoms with Crippen molar-refractivity contribution < 1.29 is 38.0 Å². The summed E-state index contributed by atoms with van der Waals surface area (Å²) in [4.78, 5) is 28.4. The Morgan fingerprint density at radius 1 is 1.24 bits per heavy atom. The third kappa shape index (κ3) is 5.31. The summed E-state index contributed by atoms with van der Waals surface area (Å²) in [5.41, 5.74) is -1.70. The molecule has 0 saturated carbocycles. The summed E-state index contributed by atoms with van der Waals surface area (Å²) in [6.07, 6.45) is -3.10. The fourth-order valence-electron chi connectivity index (χ4n) is 4.31. The Balaban J connectivity index is 1.66. The molecule has 4 heterocycles. The normalized spacial score (nSPS) is 26.5. The lowest BCUT2D eigenvalue weighted by molar-refractivity contribution is -0.205. The first-order valence-electron chi connectivity index (χ1n) is 11.9. The van der Waals surface area contributed by atoms with Crippen molar-refractivity contribution in [3.05, 3.63) is 24.2 Å². The number of carbonyl (C=O) groups excluding carboxylic acids is 2. The first kappa shape index (κ1) is 26.6. The number of rotatable bonds is 5. The number of nitriles is 1. The SMILES string of the molecule is CC(C)OC(=O)Nc1ncnn2c([C@]3(C#N)OC(COC(=O)OC(C)(C)C)[C@H]4OC(C)(C)O[C@H]43)ccc12. The molecule has 37 heavy (non-hydrogen) atoms. The maximum absolute atomic E-state index is 12.2. The van der Waals surface area contributed by atoms with Gasteiger partial charge in [-0.3, -0.25) is 5.32 Å². The Morgan fingerprint density at radius 3 is 2.62 bits per heavy atom. The van der Waals surface area contributed by atoms with Crippen LogP contribution in [-0.2, 0) is 34.0 Å². The van der Waals surface area contributed by atoms with Crippen molar-refractivity contribution in [1.29, 1.82) is 5.26 Å². The number of aromatic nitrogens is 3. The molecule has 1 amide bonds. The van der Waals surface area contributed by atoms with E-state index in [4.69, 9.17) is 28.4 Å². The topological polar surface area (TPSA) is 156 Å². The van der Waals surface area contributed by atoms with Crippen LogP contribution < -0.4 is 5.32 Å². The summed E-state index contributed by atoms with van der Waals surface area (Å²) in [6.45, 7) is 11.8. The van der Waals surface area contributed by atoms with E-state index in [0.29, 0.717) is 11.2 Å². The van der Waals surface area contributed by atoms with Crippen LogP contribution in [-0.4, -0.2) is 69.3 Å². The number of fused-ring (bicyclic) bond motifs is 2. The van der Waals surface area contributed by atoms with Crippen LogP contribution in [0.1, 0.15) is 54.2 Å². The molecule has 2 aliphatic rings. The van der Waals surface area contributed by atoms with Crippen molar-refractivity contribution in [2.24, 2.45) is 0 Å². The highest BCUT2D eigenvalue weighted by Crippen LogP contribution is 2.49. The van der Waals surface area contributed by atoms with E-state index in [-0.39, 0.29) is 18.5 Å². The van der Waals surface area contributed by atoms with Crippen molar-refractivity contribution in [2.45, 2.75) is 89.9 Å². The molecule has 1 N–H and O–H groups in total. The molecule has 2 aromatic rings. The van der Waals surface area contributed by atoms with Crippen LogP contribution in [0.15, 0.2) is 18.5 Å². The molecule has 2 saturated heterocycles. The van der Waals surface area contributed by atoms with Gasteiger partial charge in [0.25, 0.3) is 0 Å². The molecule has 200 valence electrons. The molecular weight excluding hydrogens is 486 g/mol. The highest BCUT2D eigenvalue weighted by atomic mass is 16.8. The molecule has 4 rings (SSSR count). The first-order valence-corrected chi connectivity index (χ1v) is 11.9. The van der Waals surface area contributed by atoms with Crippen LogP contribution in [0, 0.1) is 11.3 Å². The zero-order valence-electron chi connectivity index (χ0n) is 21.8. The Labute approximate surface area is 213 Å². The van der Waals surface area contributed by atoms with E-state index < -0.39 is 47.5 Å². The minimum absolute atomic E-state index is 0.184. The second-order valence-corrected chi connectivity index (χ2v) is 10.5. The number of hydrogen-bond acceptors (Lipinski definition) is 11. The van der Waals surface area contributed by atoms with Crippen LogP contribution in [0.4, 0.5) is 15.4 Å². The maximum atomic E-state index is 12.2. The molecule has 0 spiro atoms. The predicted molar refractivity (Wildman–Crippen MR) is 126 cm³/mol. The van der Waals surface area contributed by atoms with Gasteiger partial charge in [-0.1, -0.05) is 0 Å². The van der Waals surface area contributed by atoms with Crippen LogP contribution in [0.3, 0.4) is 0 Å². The molecule has 0 aromatic carbocycles. The number of anilines is 1. The second kappa shape index (κ2) is 9.44. The zero-order chi connectivity index (χ0) is 27.2. The smallest absolute Gasteiger partial charge is 0.447 e.